The van der Waals surface area contributed by atoms with Crippen molar-refractivity contribution in [3.63, 3.8) is 0 Å². The predicted molar refractivity (Wildman–Crippen MR) is 117 cm³/mol. The molecule has 3 N–H and O–H groups in total. The van der Waals surface area contributed by atoms with Gasteiger partial charge in [-0.2, -0.15) is 0 Å². The molecule has 8 heteroatoms. The number of aliphatic hydroxyl groups excluding tert-OH is 2. The van der Waals surface area contributed by atoms with E-state index < -0.39 is 24.3 Å². The number of fused-ring (bicyclic) bond motifs is 1. The average Bonchev–Trinajstić information content (AvgIpc) is 3.11. The van der Waals surface area contributed by atoms with E-state index in [1.165, 1.54) is 16.8 Å². The maximum atomic E-state index is 13.6. The van der Waals surface area contributed by atoms with E-state index in [1.54, 1.807) is 43.3 Å². The van der Waals surface area contributed by atoms with Crippen molar-refractivity contribution in [2.45, 2.75) is 26.2 Å². The van der Waals surface area contributed by atoms with E-state index in [9.17, 15) is 18.7 Å². The van der Waals surface area contributed by atoms with Gasteiger partial charge in [0.1, 0.15) is 12.4 Å². The van der Waals surface area contributed by atoms with Crippen LogP contribution in [0.15, 0.2) is 59.4 Å². The lowest BCUT2D eigenvalue weighted by molar-refractivity contribution is 0.0776. The normalized spacial score (nSPS) is 12.3. The van der Waals surface area contributed by atoms with Gasteiger partial charge in [-0.3, -0.25) is 9.89 Å². The van der Waals surface area contributed by atoms with E-state index in [1.807, 2.05) is 6.07 Å². The standard InChI is InChI=1S/C24H22F2N2O4/c1-14-9-21(25)22(26)10-20(14)15-5-7-18(8-6-15)32-13-16-3-2-4-19-23(16)27-28(24(19)31)11-17(30)12-29/h2-10,17,27,29-30H,11-13H2,1H3/t17-/m1/s1. The molecule has 1 heterocycles. The lowest BCUT2D eigenvalue weighted by atomic mass is 10.0. The van der Waals surface area contributed by atoms with Crippen molar-refractivity contribution in [3.05, 3.63) is 87.7 Å². The summed E-state index contributed by atoms with van der Waals surface area (Å²) in [4.78, 5) is 12.5. The Labute approximate surface area is 182 Å². The third kappa shape index (κ3) is 4.28. The molecule has 0 spiro atoms. The first-order chi connectivity index (χ1) is 15.4. The first-order valence-electron chi connectivity index (χ1n) is 10.1. The van der Waals surface area contributed by atoms with Gasteiger partial charge in [-0.1, -0.05) is 24.3 Å². The SMILES string of the molecule is Cc1cc(F)c(F)cc1-c1ccc(OCc2cccc3c(=O)n(C[C@@H](O)CO)[nH]c23)cc1. The largest absolute Gasteiger partial charge is 0.489 e. The molecular formula is C24H22F2N2O4. The molecule has 0 aliphatic carbocycles. The molecule has 0 saturated carbocycles. The van der Waals surface area contributed by atoms with Crippen LogP contribution in [0.2, 0.25) is 0 Å². The maximum absolute atomic E-state index is 13.6. The Morgan fingerprint density at radius 1 is 1.09 bits per heavy atom. The van der Waals surface area contributed by atoms with Crippen molar-refractivity contribution in [2.75, 3.05) is 6.61 Å². The van der Waals surface area contributed by atoms with E-state index >= 15 is 0 Å². The first kappa shape index (κ1) is 21.7. The summed E-state index contributed by atoms with van der Waals surface area (Å²) in [5.74, 6) is -1.20. The smallest absolute Gasteiger partial charge is 0.274 e. The summed E-state index contributed by atoms with van der Waals surface area (Å²) in [7, 11) is 0. The highest BCUT2D eigenvalue weighted by Gasteiger charge is 2.13. The molecule has 4 rings (SSSR count). The van der Waals surface area contributed by atoms with Gasteiger partial charge in [-0.15, -0.1) is 0 Å². The van der Waals surface area contributed by atoms with Crippen LogP contribution in [-0.4, -0.2) is 32.7 Å². The Hall–Kier alpha value is -3.49. The predicted octanol–water partition coefficient (Wildman–Crippen LogP) is 3.52. The highest BCUT2D eigenvalue weighted by Crippen LogP contribution is 2.28. The molecular weight excluding hydrogens is 418 g/mol. The third-order valence-corrected chi connectivity index (χ3v) is 5.30. The molecule has 1 aromatic heterocycles. The number of halogens is 2. The minimum atomic E-state index is -1.04. The molecule has 0 aliphatic heterocycles. The van der Waals surface area contributed by atoms with Gasteiger partial charge in [0.05, 0.1) is 30.2 Å². The van der Waals surface area contributed by atoms with Crippen molar-refractivity contribution in [1.82, 2.24) is 9.78 Å². The summed E-state index contributed by atoms with van der Waals surface area (Å²) in [6.07, 6.45) is -1.04. The van der Waals surface area contributed by atoms with E-state index in [0.29, 0.717) is 27.8 Å². The Bertz CT molecular complexity index is 1310. The fourth-order valence-electron chi connectivity index (χ4n) is 3.61. The molecule has 1 atom stereocenters. The van der Waals surface area contributed by atoms with Crippen LogP contribution in [0.4, 0.5) is 8.78 Å². The van der Waals surface area contributed by atoms with Crippen molar-refractivity contribution < 1.29 is 23.7 Å². The number of ether oxygens (including phenoxy) is 1. The zero-order valence-electron chi connectivity index (χ0n) is 17.3. The number of aromatic nitrogens is 2. The quantitative estimate of drug-likeness (QED) is 0.410. The topological polar surface area (TPSA) is 87.5 Å². The Morgan fingerprint density at radius 3 is 2.53 bits per heavy atom. The lowest BCUT2D eigenvalue weighted by Crippen LogP contribution is -2.27. The van der Waals surface area contributed by atoms with Crippen LogP contribution in [0.5, 0.6) is 5.75 Å². The Kier molecular flexibility index (Phi) is 6.07. The third-order valence-electron chi connectivity index (χ3n) is 5.30. The summed E-state index contributed by atoms with van der Waals surface area (Å²) in [5, 5.41) is 22.1. The molecule has 0 bridgehead atoms. The number of hydrogen-bond acceptors (Lipinski definition) is 4. The number of nitrogens with one attached hydrogen (secondary N) is 1. The number of aliphatic hydroxyl groups is 2. The molecule has 0 fully saturated rings. The summed E-state index contributed by atoms with van der Waals surface area (Å²) in [6, 6.07) is 14.6. The average molecular weight is 440 g/mol. The molecule has 0 saturated heterocycles. The van der Waals surface area contributed by atoms with Crippen LogP contribution >= 0.6 is 0 Å². The zero-order chi connectivity index (χ0) is 22.8. The Balaban J connectivity index is 1.53. The van der Waals surface area contributed by atoms with Gasteiger partial charge in [-0.25, -0.2) is 13.5 Å². The number of benzene rings is 3. The van der Waals surface area contributed by atoms with Gasteiger partial charge in [0.25, 0.3) is 5.56 Å². The highest BCUT2D eigenvalue weighted by atomic mass is 19.2. The minimum absolute atomic E-state index is 0.0465. The number of H-pyrrole nitrogens is 1. The van der Waals surface area contributed by atoms with E-state index in [4.69, 9.17) is 9.84 Å². The Morgan fingerprint density at radius 2 is 1.81 bits per heavy atom. The maximum Gasteiger partial charge on any atom is 0.274 e. The van der Waals surface area contributed by atoms with Crippen LogP contribution in [-0.2, 0) is 13.2 Å². The second-order valence-electron chi connectivity index (χ2n) is 7.60. The van der Waals surface area contributed by atoms with Gasteiger partial charge in [0, 0.05) is 5.56 Å². The second-order valence-corrected chi connectivity index (χ2v) is 7.60. The van der Waals surface area contributed by atoms with Gasteiger partial charge in [0.15, 0.2) is 11.6 Å². The zero-order valence-corrected chi connectivity index (χ0v) is 17.3. The van der Waals surface area contributed by atoms with Crippen LogP contribution in [0, 0.1) is 18.6 Å². The molecule has 0 unspecified atom stereocenters. The number of nitrogens with zero attached hydrogens (tertiary/aromatic N) is 1. The second kappa shape index (κ2) is 8.94. The molecule has 6 nitrogen and oxygen atoms in total. The molecule has 3 aromatic carbocycles. The molecule has 0 aliphatic rings. The van der Waals surface area contributed by atoms with Crippen molar-refractivity contribution in [2.24, 2.45) is 0 Å². The van der Waals surface area contributed by atoms with Crippen molar-refractivity contribution in [1.29, 1.82) is 0 Å². The molecule has 32 heavy (non-hydrogen) atoms. The fraction of sp³-hybridized carbons (Fsp3) is 0.208. The number of aromatic amines is 1. The molecule has 0 radical (unpaired) electrons. The van der Waals surface area contributed by atoms with Crippen LogP contribution in [0.25, 0.3) is 22.0 Å². The summed E-state index contributed by atoms with van der Waals surface area (Å²) in [5.41, 5.74) is 3.02. The number of aryl methyl sites for hydroxylation is 1. The molecule has 166 valence electrons. The number of para-hydroxylation sites is 1. The summed E-state index contributed by atoms with van der Waals surface area (Å²) in [6.45, 7) is 1.41. The van der Waals surface area contributed by atoms with Crippen LogP contribution in [0.3, 0.4) is 0 Å². The van der Waals surface area contributed by atoms with Gasteiger partial charge >= 0.3 is 0 Å². The van der Waals surface area contributed by atoms with Gasteiger partial charge < -0.3 is 14.9 Å². The highest BCUT2D eigenvalue weighted by molar-refractivity contribution is 5.81. The summed E-state index contributed by atoms with van der Waals surface area (Å²) < 4.78 is 34.1. The van der Waals surface area contributed by atoms with Gasteiger partial charge in [0.2, 0.25) is 0 Å². The number of rotatable bonds is 7. The molecule has 0 amide bonds. The molecule has 4 aromatic rings. The van der Waals surface area contributed by atoms with Gasteiger partial charge in [-0.05, 0) is 53.9 Å². The monoisotopic (exact) mass is 440 g/mol. The van der Waals surface area contributed by atoms with Crippen LogP contribution < -0.4 is 10.3 Å². The van der Waals surface area contributed by atoms with E-state index in [-0.39, 0.29) is 18.7 Å². The van der Waals surface area contributed by atoms with E-state index in [2.05, 4.69) is 5.10 Å². The fourth-order valence-corrected chi connectivity index (χ4v) is 3.61. The lowest BCUT2D eigenvalue weighted by Gasteiger charge is -2.10. The minimum Gasteiger partial charge on any atom is -0.489 e. The van der Waals surface area contributed by atoms with E-state index in [0.717, 1.165) is 11.1 Å². The van der Waals surface area contributed by atoms with Crippen LogP contribution in [0.1, 0.15) is 11.1 Å². The number of hydrogen-bond donors (Lipinski definition) is 3. The van der Waals surface area contributed by atoms with Crippen molar-refractivity contribution in [3.8, 4) is 16.9 Å². The summed E-state index contributed by atoms with van der Waals surface area (Å²) >= 11 is 0. The first-order valence-corrected chi connectivity index (χ1v) is 10.1. The van der Waals surface area contributed by atoms with Crippen molar-refractivity contribution >= 4 is 10.9 Å².